The van der Waals surface area contributed by atoms with Crippen LogP contribution in [0.3, 0.4) is 0 Å². The molecule has 3 heterocycles. The lowest BCUT2D eigenvalue weighted by Crippen LogP contribution is -1.95. The zero-order valence-electron chi connectivity index (χ0n) is 55.8. The van der Waals surface area contributed by atoms with Crippen molar-refractivity contribution in [3.8, 4) is 167 Å². The molecule has 0 aliphatic carbocycles. The molecule has 16 aromatic rings. The van der Waals surface area contributed by atoms with Crippen LogP contribution in [0.5, 0.6) is 0 Å². The Morgan fingerprint density at radius 2 is 0.420 bits per heavy atom. The molecule has 0 amide bonds. The molecular weight excluding hydrogens is 1270 g/mol. The summed E-state index contributed by atoms with van der Waals surface area (Å²) in [5.41, 5.74) is 36.4. The molecule has 3 aromatic heterocycles. The number of aromatic nitrogens is 3. The third-order valence-electron chi connectivity index (χ3n) is 19.4. The number of benzene rings is 13. The first-order chi connectivity index (χ1) is 49.2. The van der Waals surface area contributed by atoms with E-state index in [1.54, 1.807) is 0 Å². The number of hydrogen-bond acceptors (Lipinski definition) is 3. The van der Waals surface area contributed by atoms with Gasteiger partial charge in [0.25, 0.3) is 0 Å². The number of nitrogens with zero attached hydrogens (tertiary/aromatic N) is 3. The van der Waals surface area contributed by atoms with Gasteiger partial charge in [-0.2, -0.15) is 0 Å². The number of hydrogen-bond donors (Lipinski definition) is 0. The van der Waals surface area contributed by atoms with Gasteiger partial charge in [-0.25, -0.2) is 0 Å². The van der Waals surface area contributed by atoms with Crippen molar-refractivity contribution < 1.29 is 0 Å². The summed E-state index contributed by atoms with van der Waals surface area (Å²) in [6.45, 7) is 6.52. The Balaban J connectivity index is 0.886. The first-order valence-corrected chi connectivity index (χ1v) is 34.8. The minimum absolute atomic E-state index is 0.918. The van der Waals surface area contributed by atoms with Crippen molar-refractivity contribution in [3.63, 3.8) is 0 Å². The Morgan fingerprint density at radius 3 is 0.740 bits per heavy atom. The van der Waals surface area contributed by atoms with Crippen molar-refractivity contribution in [3.05, 3.63) is 379 Å². The van der Waals surface area contributed by atoms with Crippen LogP contribution in [0.25, 0.3) is 167 Å². The van der Waals surface area contributed by atoms with Crippen molar-refractivity contribution in [2.75, 3.05) is 0 Å². The fourth-order valence-corrected chi connectivity index (χ4v) is 14.6. The van der Waals surface area contributed by atoms with Gasteiger partial charge < -0.3 is 0 Å². The second-order valence-electron chi connectivity index (χ2n) is 25.8. The first-order valence-electron chi connectivity index (χ1n) is 34.0. The van der Waals surface area contributed by atoms with Crippen molar-refractivity contribution in [2.45, 2.75) is 20.8 Å². The van der Waals surface area contributed by atoms with Gasteiger partial charge in [0.2, 0.25) is 0 Å². The fraction of sp³-hybridized carbons (Fsp3) is 0.0312. The van der Waals surface area contributed by atoms with E-state index in [4.69, 9.17) is 15.0 Å². The molecule has 0 aliphatic rings. The van der Waals surface area contributed by atoms with Gasteiger partial charge in [0, 0.05) is 56.4 Å². The van der Waals surface area contributed by atoms with Crippen LogP contribution in [-0.2, 0) is 0 Å². The molecule has 16 rings (SSSR count). The van der Waals surface area contributed by atoms with Gasteiger partial charge in [-0.3, -0.25) is 15.0 Å². The molecule has 0 atom stereocenters. The summed E-state index contributed by atoms with van der Waals surface area (Å²) in [5, 5.41) is 0. The Hall–Kier alpha value is -12.2. The molecule has 0 unspecified atom stereocenters. The maximum Gasteiger partial charge on any atom is 0.0705 e. The molecule has 0 aliphatic heterocycles. The second kappa shape index (κ2) is 27.7. The minimum Gasteiger partial charge on any atom is -0.256 e. The highest BCUT2D eigenvalue weighted by Gasteiger charge is 2.21. The van der Waals surface area contributed by atoms with Crippen LogP contribution in [0.2, 0.25) is 0 Å². The molecule has 0 saturated heterocycles. The van der Waals surface area contributed by atoms with Crippen LogP contribution in [0.4, 0.5) is 0 Å². The van der Waals surface area contributed by atoms with E-state index in [0.29, 0.717) is 0 Å². The first kappa shape index (κ1) is 62.6. The molecule has 4 heteroatoms. The highest BCUT2D eigenvalue weighted by Crippen LogP contribution is 2.47. The van der Waals surface area contributed by atoms with E-state index in [-0.39, 0.29) is 0 Å². The minimum atomic E-state index is 0.918. The summed E-state index contributed by atoms with van der Waals surface area (Å²) < 4.78 is 0.971. The topological polar surface area (TPSA) is 38.7 Å². The van der Waals surface area contributed by atoms with E-state index >= 15 is 0 Å². The third-order valence-corrected chi connectivity index (χ3v) is 20.0. The molecule has 474 valence electrons. The lowest BCUT2D eigenvalue weighted by atomic mass is 9.84. The predicted molar refractivity (Wildman–Crippen MR) is 423 cm³/mol. The van der Waals surface area contributed by atoms with Gasteiger partial charge in [-0.15, -0.1) is 0 Å². The van der Waals surface area contributed by atoms with E-state index in [2.05, 4.69) is 376 Å². The summed E-state index contributed by atoms with van der Waals surface area (Å²) in [6, 6.07) is 123. The van der Waals surface area contributed by atoms with Gasteiger partial charge >= 0.3 is 0 Å². The zero-order valence-corrected chi connectivity index (χ0v) is 57.4. The van der Waals surface area contributed by atoms with E-state index in [9.17, 15) is 0 Å². The van der Waals surface area contributed by atoms with Gasteiger partial charge in [0.05, 0.1) is 17.1 Å². The van der Waals surface area contributed by atoms with Crippen molar-refractivity contribution >= 4 is 15.9 Å². The molecule has 13 aromatic carbocycles. The SMILES string of the molecule is Cc1cc(-c2ccc(-c3cc(-c4ccccc4)ccc3-c3cc(-c4ccc(-c5ccccc5)cc4-c4ccc(-c5cc(C)c(-c6ccccc6)cn5)cc4)cc(-c4ccc(-c5ccccc5)cc4-c4ccc(-c5cc(C)c(-c6ccccc6)cn5)cc4Br)c3)cc2)ncc1-c1ccccc1. The molecule has 0 bridgehead atoms. The summed E-state index contributed by atoms with van der Waals surface area (Å²) in [7, 11) is 0. The van der Waals surface area contributed by atoms with Crippen molar-refractivity contribution in [1.29, 1.82) is 0 Å². The molecule has 0 fully saturated rings. The smallest absolute Gasteiger partial charge is 0.0705 e. The molecule has 3 nitrogen and oxygen atoms in total. The molecule has 0 saturated carbocycles. The quantitative estimate of drug-likeness (QED) is 0.103. The maximum absolute atomic E-state index is 5.07. The largest absolute Gasteiger partial charge is 0.256 e. The molecule has 0 N–H and O–H groups in total. The van der Waals surface area contributed by atoms with Gasteiger partial charge in [-0.05, 0) is 215 Å². The van der Waals surface area contributed by atoms with Crippen molar-refractivity contribution in [2.24, 2.45) is 0 Å². The highest BCUT2D eigenvalue weighted by molar-refractivity contribution is 9.10. The van der Waals surface area contributed by atoms with Crippen molar-refractivity contribution in [1.82, 2.24) is 15.0 Å². The molecule has 0 radical (unpaired) electrons. The van der Waals surface area contributed by atoms with Crippen LogP contribution in [0.1, 0.15) is 16.7 Å². The van der Waals surface area contributed by atoms with Gasteiger partial charge in [0.1, 0.15) is 0 Å². The Bertz CT molecular complexity index is 5400. The number of rotatable bonds is 15. The summed E-state index contributed by atoms with van der Waals surface area (Å²) in [5.74, 6) is 0. The summed E-state index contributed by atoms with van der Waals surface area (Å²) in [6.07, 6.45) is 6.03. The van der Waals surface area contributed by atoms with Crippen LogP contribution < -0.4 is 0 Å². The van der Waals surface area contributed by atoms with Gasteiger partial charge in [0.15, 0.2) is 0 Å². The third kappa shape index (κ3) is 12.9. The monoisotopic (exact) mass is 1340 g/mol. The van der Waals surface area contributed by atoms with E-state index in [1.165, 1.54) is 16.7 Å². The number of pyridine rings is 3. The second-order valence-corrected chi connectivity index (χ2v) is 26.6. The van der Waals surface area contributed by atoms with Gasteiger partial charge in [-0.1, -0.05) is 295 Å². The average molecular weight is 1340 g/mol. The Morgan fingerprint density at radius 1 is 0.170 bits per heavy atom. The number of halogens is 1. The van der Waals surface area contributed by atoms with E-state index < -0.39 is 0 Å². The Labute approximate surface area is 594 Å². The number of aryl methyl sites for hydroxylation is 3. The van der Waals surface area contributed by atoms with Crippen LogP contribution in [0.15, 0.2) is 363 Å². The lowest BCUT2D eigenvalue weighted by Gasteiger charge is -2.20. The lowest BCUT2D eigenvalue weighted by molar-refractivity contribution is 1.28. The van der Waals surface area contributed by atoms with Crippen LogP contribution in [0, 0.1) is 20.8 Å². The van der Waals surface area contributed by atoms with E-state index in [1.807, 2.05) is 18.6 Å². The maximum atomic E-state index is 5.07. The molecule has 100 heavy (non-hydrogen) atoms. The summed E-state index contributed by atoms with van der Waals surface area (Å²) >= 11 is 4.20. The molecular formula is C96H68BrN3. The average Bonchev–Trinajstić information content (AvgIpc) is 0.769. The zero-order chi connectivity index (χ0) is 67.5. The molecule has 0 spiro atoms. The fourth-order valence-electron chi connectivity index (χ4n) is 14.0. The standard InChI is InChI=1S/C96H68BrN3/c1-63-50-94(98-60-90(63)69-28-16-7-17-29-69)74-38-34-72(35-39-74)87-56-76(66-22-10-4-11-23-66)42-46-83(87)80-53-81(84-47-43-77(67-24-12-5-13-25-67)57-88(84)73-36-40-75(41-37-73)95-51-64(2)91(61-99-95)70-30-18-8-19-31-70)55-82(54-80)85-48-44-78(68-26-14-6-15-27-68)58-89(85)86-49-45-79(59-93(86)97)96-52-65(3)92(62-100-96)71-32-20-9-21-33-71/h4-62H,1-3H3. The Kier molecular flexibility index (Phi) is 17.4. The van der Waals surface area contributed by atoms with E-state index in [0.717, 1.165) is 172 Å². The predicted octanol–water partition coefficient (Wildman–Crippen LogP) is 26.6. The highest BCUT2D eigenvalue weighted by atomic mass is 79.9. The summed E-state index contributed by atoms with van der Waals surface area (Å²) in [4.78, 5) is 15.2. The van der Waals surface area contributed by atoms with Crippen LogP contribution in [-0.4, -0.2) is 15.0 Å². The normalized spacial score (nSPS) is 11.2. The van der Waals surface area contributed by atoms with Crippen LogP contribution >= 0.6 is 15.9 Å².